The molecule has 1 atom stereocenters. The van der Waals surface area contributed by atoms with Gasteiger partial charge in [-0.3, -0.25) is 0 Å². The van der Waals surface area contributed by atoms with Crippen molar-refractivity contribution < 1.29 is 4.74 Å². The highest BCUT2D eigenvalue weighted by Crippen LogP contribution is 2.21. The molecule has 0 fully saturated rings. The van der Waals surface area contributed by atoms with Gasteiger partial charge in [0.05, 0.1) is 0 Å². The molecule has 0 radical (unpaired) electrons. The average molecular weight is 362 g/mol. The first-order valence-corrected chi connectivity index (χ1v) is 9.28. The lowest BCUT2D eigenvalue weighted by Gasteiger charge is -2.14. The minimum atomic E-state index is 0.369. The summed E-state index contributed by atoms with van der Waals surface area (Å²) in [6.45, 7) is 6.74. The number of nitrogens with zero attached hydrogens (tertiary/aromatic N) is 2. The maximum absolute atomic E-state index is 5.83. The topological polar surface area (TPSA) is 59.1 Å². The summed E-state index contributed by atoms with van der Waals surface area (Å²) in [4.78, 5) is 8.92. The molecule has 27 heavy (non-hydrogen) atoms. The van der Waals surface area contributed by atoms with Crippen LogP contribution >= 0.6 is 0 Å². The van der Waals surface area contributed by atoms with Gasteiger partial charge in [-0.1, -0.05) is 37.3 Å². The first-order valence-electron chi connectivity index (χ1n) is 9.28. The number of anilines is 3. The summed E-state index contributed by atoms with van der Waals surface area (Å²) in [5.41, 5.74) is 2.10. The molecule has 0 amide bonds. The third-order valence-electron chi connectivity index (χ3n) is 4.22. The summed E-state index contributed by atoms with van der Waals surface area (Å²) in [7, 11) is 0. The fourth-order valence-electron chi connectivity index (χ4n) is 2.58. The van der Waals surface area contributed by atoms with E-state index < -0.39 is 0 Å². The standard InChI is InChI=1S/C22H26N4O/c1-4-16(2)23-21-14-22(25-17(3)24-21)26-19-10-12-20(13-11-19)27-15-18-8-6-5-7-9-18/h5-14,16H,4,15H2,1-3H3,(H2,23,24,25,26). The van der Waals surface area contributed by atoms with Crippen molar-refractivity contribution in [1.82, 2.24) is 9.97 Å². The van der Waals surface area contributed by atoms with Crippen LogP contribution in [-0.2, 0) is 6.61 Å². The summed E-state index contributed by atoms with van der Waals surface area (Å²) >= 11 is 0. The number of aromatic nitrogens is 2. The van der Waals surface area contributed by atoms with Crippen LogP contribution in [0.4, 0.5) is 17.3 Å². The third-order valence-corrected chi connectivity index (χ3v) is 4.22. The Morgan fingerprint density at radius 2 is 1.67 bits per heavy atom. The molecule has 5 nitrogen and oxygen atoms in total. The van der Waals surface area contributed by atoms with E-state index >= 15 is 0 Å². The van der Waals surface area contributed by atoms with Crippen molar-refractivity contribution in [3.63, 3.8) is 0 Å². The maximum atomic E-state index is 5.83. The number of ether oxygens (including phenoxy) is 1. The van der Waals surface area contributed by atoms with E-state index in [1.54, 1.807) is 0 Å². The van der Waals surface area contributed by atoms with E-state index in [2.05, 4.69) is 46.6 Å². The highest BCUT2D eigenvalue weighted by atomic mass is 16.5. The minimum absolute atomic E-state index is 0.369. The maximum Gasteiger partial charge on any atom is 0.136 e. The lowest BCUT2D eigenvalue weighted by molar-refractivity contribution is 0.306. The molecule has 0 aliphatic rings. The predicted molar refractivity (Wildman–Crippen MR) is 111 cm³/mol. The van der Waals surface area contributed by atoms with Gasteiger partial charge in [0.1, 0.15) is 29.8 Å². The van der Waals surface area contributed by atoms with Crippen molar-refractivity contribution >= 4 is 17.3 Å². The summed E-state index contributed by atoms with van der Waals surface area (Å²) in [6.07, 6.45) is 1.04. The van der Waals surface area contributed by atoms with Gasteiger partial charge >= 0.3 is 0 Å². The highest BCUT2D eigenvalue weighted by Gasteiger charge is 2.05. The van der Waals surface area contributed by atoms with Crippen molar-refractivity contribution in [3.8, 4) is 5.75 Å². The van der Waals surface area contributed by atoms with Gasteiger partial charge in [-0.2, -0.15) is 0 Å². The second kappa shape index (κ2) is 9.03. The molecule has 0 spiro atoms. The number of aryl methyl sites for hydroxylation is 1. The van der Waals surface area contributed by atoms with E-state index in [-0.39, 0.29) is 0 Å². The van der Waals surface area contributed by atoms with E-state index in [0.717, 1.165) is 40.9 Å². The van der Waals surface area contributed by atoms with Crippen molar-refractivity contribution in [2.75, 3.05) is 10.6 Å². The molecule has 3 rings (SSSR count). The Bertz CT molecular complexity index is 850. The molecule has 2 N–H and O–H groups in total. The number of hydrogen-bond acceptors (Lipinski definition) is 5. The molecule has 1 aromatic heterocycles. The van der Waals surface area contributed by atoms with Crippen LogP contribution in [0.25, 0.3) is 0 Å². The van der Waals surface area contributed by atoms with Crippen LogP contribution in [-0.4, -0.2) is 16.0 Å². The van der Waals surface area contributed by atoms with Gasteiger partial charge in [-0.15, -0.1) is 0 Å². The normalized spacial score (nSPS) is 11.7. The van der Waals surface area contributed by atoms with Gasteiger partial charge in [0.25, 0.3) is 0 Å². The van der Waals surface area contributed by atoms with Crippen LogP contribution in [0.2, 0.25) is 0 Å². The van der Waals surface area contributed by atoms with Crippen LogP contribution in [0.3, 0.4) is 0 Å². The number of benzene rings is 2. The Labute approximate surface area is 160 Å². The van der Waals surface area contributed by atoms with Crippen molar-refractivity contribution in [1.29, 1.82) is 0 Å². The van der Waals surface area contributed by atoms with Crippen LogP contribution in [0.1, 0.15) is 31.7 Å². The second-order valence-electron chi connectivity index (χ2n) is 6.56. The summed E-state index contributed by atoms with van der Waals surface area (Å²) < 4.78 is 5.83. The van der Waals surface area contributed by atoms with Gasteiger partial charge in [-0.25, -0.2) is 9.97 Å². The van der Waals surface area contributed by atoms with E-state index in [1.807, 2.05) is 55.5 Å². The summed E-state index contributed by atoms with van der Waals surface area (Å²) in [5.74, 6) is 3.17. The van der Waals surface area contributed by atoms with Crippen LogP contribution in [0, 0.1) is 6.92 Å². The monoisotopic (exact) mass is 362 g/mol. The lowest BCUT2D eigenvalue weighted by Crippen LogP contribution is -2.15. The first-order chi connectivity index (χ1) is 13.1. The highest BCUT2D eigenvalue weighted by molar-refractivity contribution is 5.60. The zero-order chi connectivity index (χ0) is 19.1. The molecule has 2 aromatic carbocycles. The van der Waals surface area contributed by atoms with Gasteiger partial charge in [0.15, 0.2) is 0 Å². The molecule has 0 bridgehead atoms. The van der Waals surface area contributed by atoms with Gasteiger partial charge in [-0.05, 0) is 50.1 Å². The lowest BCUT2D eigenvalue weighted by atomic mass is 10.2. The molecule has 0 saturated heterocycles. The Morgan fingerprint density at radius 3 is 2.37 bits per heavy atom. The van der Waals surface area contributed by atoms with Gasteiger partial charge < -0.3 is 15.4 Å². The van der Waals surface area contributed by atoms with Crippen LogP contribution in [0.15, 0.2) is 60.7 Å². The molecule has 5 heteroatoms. The number of hydrogen-bond donors (Lipinski definition) is 2. The Balaban J connectivity index is 1.62. The molecule has 0 aliphatic heterocycles. The Morgan fingerprint density at radius 1 is 0.963 bits per heavy atom. The molecule has 1 unspecified atom stereocenters. The fourth-order valence-corrected chi connectivity index (χ4v) is 2.58. The van der Waals surface area contributed by atoms with Crippen molar-refractivity contribution in [2.45, 2.75) is 39.8 Å². The molecule has 1 heterocycles. The molecule has 3 aromatic rings. The van der Waals surface area contributed by atoms with Crippen LogP contribution in [0.5, 0.6) is 5.75 Å². The van der Waals surface area contributed by atoms with Crippen molar-refractivity contribution in [3.05, 3.63) is 72.1 Å². The zero-order valence-corrected chi connectivity index (χ0v) is 16.1. The summed E-state index contributed by atoms with van der Waals surface area (Å²) in [5, 5.41) is 6.72. The Hall–Kier alpha value is -3.08. The van der Waals surface area contributed by atoms with Gasteiger partial charge in [0.2, 0.25) is 0 Å². The smallest absolute Gasteiger partial charge is 0.136 e. The molecule has 0 aliphatic carbocycles. The predicted octanol–water partition coefficient (Wildman–Crippen LogP) is 5.32. The number of rotatable bonds is 8. The molecular weight excluding hydrogens is 336 g/mol. The fraction of sp³-hybridized carbons (Fsp3) is 0.273. The van der Waals surface area contributed by atoms with Crippen molar-refractivity contribution in [2.24, 2.45) is 0 Å². The SMILES string of the molecule is CCC(C)Nc1cc(Nc2ccc(OCc3ccccc3)cc2)nc(C)n1. The van der Waals surface area contributed by atoms with Gasteiger partial charge in [0, 0.05) is 17.8 Å². The van der Waals surface area contributed by atoms with E-state index in [4.69, 9.17) is 4.74 Å². The molecule has 0 saturated carbocycles. The zero-order valence-electron chi connectivity index (χ0n) is 16.1. The van der Waals surface area contributed by atoms with E-state index in [1.165, 1.54) is 0 Å². The quantitative estimate of drug-likeness (QED) is 0.568. The summed E-state index contributed by atoms with van der Waals surface area (Å²) in [6, 6.07) is 20.3. The average Bonchev–Trinajstić information content (AvgIpc) is 2.67. The molecule has 140 valence electrons. The first kappa shape index (κ1) is 18.7. The minimum Gasteiger partial charge on any atom is -0.489 e. The van der Waals surface area contributed by atoms with E-state index in [0.29, 0.717) is 12.6 Å². The van der Waals surface area contributed by atoms with Crippen LogP contribution < -0.4 is 15.4 Å². The third kappa shape index (κ3) is 5.71. The van der Waals surface area contributed by atoms with E-state index in [9.17, 15) is 0 Å². The largest absolute Gasteiger partial charge is 0.489 e. The second-order valence-corrected chi connectivity index (χ2v) is 6.56. The Kier molecular flexibility index (Phi) is 6.26. The molecular formula is C22H26N4O. The number of nitrogens with one attached hydrogen (secondary N) is 2.